The van der Waals surface area contributed by atoms with Crippen molar-refractivity contribution in [2.75, 3.05) is 0 Å². The van der Waals surface area contributed by atoms with Crippen LogP contribution in [0.4, 0.5) is 0 Å². The van der Waals surface area contributed by atoms with Crippen LogP contribution in [-0.2, 0) is 6.42 Å². The van der Waals surface area contributed by atoms with Crippen molar-refractivity contribution in [3.63, 3.8) is 0 Å². The van der Waals surface area contributed by atoms with E-state index in [4.69, 9.17) is 0 Å². The number of aromatic amines is 1. The van der Waals surface area contributed by atoms with E-state index in [-0.39, 0.29) is 16.7 Å². The van der Waals surface area contributed by atoms with Crippen LogP contribution in [0.2, 0.25) is 0 Å². The first kappa shape index (κ1) is 17.2. The zero-order valence-corrected chi connectivity index (χ0v) is 16.1. The van der Waals surface area contributed by atoms with E-state index in [9.17, 15) is 15.3 Å². The second-order valence-electron chi connectivity index (χ2n) is 10.4. The number of aliphatic hydroxyl groups is 3. The first-order valence-electron chi connectivity index (χ1n) is 10.3. The molecule has 5 rings (SSSR count). The summed E-state index contributed by atoms with van der Waals surface area (Å²) in [5.41, 5.74) is 0.962. The largest absolute Gasteiger partial charge is 0.390 e. The molecule has 0 spiro atoms. The SMILES string of the molecule is CC12Cc3cn[nH]c3C(O)C1CCC1C2CCC2(C)C1CC(O)C2(C)O. The lowest BCUT2D eigenvalue weighted by atomic mass is 9.44. The molecule has 1 aromatic rings. The minimum atomic E-state index is -0.996. The molecule has 9 unspecified atom stereocenters. The van der Waals surface area contributed by atoms with Gasteiger partial charge >= 0.3 is 0 Å². The normalized spacial score (nSPS) is 55.6. The number of rotatable bonds is 0. The highest BCUT2D eigenvalue weighted by Crippen LogP contribution is 2.68. The Morgan fingerprint density at radius 3 is 2.62 bits per heavy atom. The molecule has 5 heteroatoms. The fraction of sp³-hybridized carbons (Fsp3) is 0.857. The van der Waals surface area contributed by atoms with E-state index in [1.54, 1.807) is 0 Å². The molecule has 9 atom stereocenters. The van der Waals surface area contributed by atoms with Gasteiger partial charge < -0.3 is 15.3 Å². The molecule has 0 radical (unpaired) electrons. The quantitative estimate of drug-likeness (QED) is 0.572. The lowest BCUT2D eigenvalue weighted by molar-refractivity contribution is -0.167. The number of fused-ring (bicyclic) bond motifs is 6. The molecule has 5 nitrogen and oxygen atoms in total. The van der Waals surface area contributed by atoms with Gasteiger partial charge in [0.15, 0.2) is 0 Å². The molecule has 3 saturated carbocycles. The average Bonchev–Trinajstić information content (AvgIpc) is 3.10. The van der Waals surface area contributed by atoms with Crippen molar-refractivity contribution in [2.24, 2.45) is 34.5 Å². The summed E-state index contributed by atoms with van der Waals surface area (Å²) < 4.78 is 0. The summed E-state index contributed by atoms with van der Waals surface area (Å²) in [7, 11) is 0. The Bertz CT molecular complexity index is 731. The van der Waals surface area contributed by atoms with Crippen LogP contribution in [0.5, 0.6) is 0 Å². The Labute approximate surface area is 155 Å². The summed E-state index contributed by atoms with van der Waals surface area (Å²) in [4.78, 5) is 0. The van der Waals surface area contributed by atoms with E-state index < -0.39 is 17.8 Å². The van der Waals surface area contributed by atoms with Crippen molar-refractivity contribution in [2.45, 2.75) is 77.1 Å². The summed E-state index contributed by atoms with van der Waals surface area (Å²) in [6, 6.07) is 0. The lowest BCUT2D eigenvalue weighted by Crippen LogP contribution is -2.57. The monoisotopic (exact) mass is 360 g/mol. The van der Waals surface area contributed by atoms with Crippen LogP contribution in [0.15, 0.2) is 6.20 Å². The van der Waals surface area contributed by atoms with Crippen LogP contribution in [-0.4, -0.2) is 37.2 Å². The van der Waals surface area contributed by atoms with Crippen LogP contribution in [0.3, 0.4) is 0 Å². The van der Waals surface area contributed by atoms with Crippen molar-refractivity contribution in [3.05, 3.63) is 17.5 Å². The van der Waals surface area contributed by atoms with Gasteiger partial charge in [-0.15, -0.1) is 0 Å². The number of aromatic nitrogens is 2. The Balaban J connectivity index is 1.53. The van der Waals surface area contributed by atoms with Gasteiger partial charge in [0, 0.05) is 5.41 Å². The molecule has 4 aliphatic rings. The van der Waals surface area contributed by atoms with Gasteiger partial charge in [-0.05, 0) is 80.1 Å². The van der Waals surface area contributed by atoms with Crippen LogP contribution >= 0.6 is 0 Å². The zero-order valence-electron chi connectivity index (χ0n) is 16.1. The molecule has 26 heavy (non-hydrogen) atoms. The Kier molecular flexibility index (Phi) is 3.39. The molecule has 0 saturated heterocycles. The standard InChI is InChI=1S/C21H32N2O3/c1-19-9-11-10-22-23-17(11)18(25)14(19)5-4-12-13(19)6-7-20(2)15(12)8-16(24)21(20,3)26/h10,12-16,18,24-26H,4-9H2,1-3H3,(H,22,23). The van der Waals surface area contributed by atoms with Gasteiger partial charge in [0.2, 0.25) is 0 Å². The van der Waals surface area contributed by atoms with Gasteiger partial charge in [0.1, 0.15) is 0 Å². The third-order valence-electron chi connectivity index (χ3n) is 9.61. The van der Waals surface area contributed by atoms with Gasteiger partial charge in [-0.3, -0.25) is 5.10 Å². The van der Waals surface area contributed by atoms with Gasteiger partial charge in [-0.25, -0.2) is 0 Å². The van der Waals surface area contributed by atoms with E-state index >= 15 is 0 Å². The first-order chi connectivity index (χ1) is 12.2. The molecular weight excluding hydrogens is 328 g/mol. The van der Waals surface area contributed by atoms with Crippen molar-refractivity contribution in [1.82, 2.24) is 10.2 Å². The number of aliphatic hydroxyl groups excluding tert-OH is 2. The summed E-state index contributed by atoms with van der Waals surface area (Å²) in [5.74, 6) is 1.71. The van der Waals surface area contributed by atoms with Gasteiger partial charge in [0.05, 0.1) is 29.7 Å². The molecule has 0 aliphatic heterocycles. The predicted octanol–water partition coefficient (Wildman–Crippen LogP) is 2.58. The fourth-order valence-electron chi connectivity index (χ4n) is 7.83. The number of H-pyrrole nitrogens is 1. The lowest BCUT2D eigenvalue weighted by Gasteiger charge is -2.61. The Morgan fingerprint density at radius 2 is 1.85 bits per heavy atom. The van der Waals surface area contributed by atoms with E-state index in [2.05, 4.69) is 24.0 Å². The first-order valence-corrected chi connectivity index (χ1v) is 10.3. The predicted molar refractivity (Wildman–Crippen MR) is 97.1 cm³/mol. The molecule has 0 bridgehead atoms. The summed E-state index contributed by atoms with van der Waals surface area (Å²) in [5, 5.41) is 39.9. The maximum absolute atomic E-state index is 11.0. The van der Waals surface area contributed by atoms with Crippen molar-refractivity contribution in [1.29, 1.82) is 0 Å². The van der Waals surface area contributed by atoms with E-state index in [0.717, 1.165) is 37.8 Å². The summed E-state index contributed by atoms with van der Waals surface area (Å²) in [6.45, 7) is 6.41. The second kappa shape index (κ2) is 5.12. The van der Waals surface area contributed by atoms with E-state index in [0.29, 0.717) is 24.2 Å². The van der Waals surface area contributed by atoms with E-state index in [1.807, 2.05) is 13.1 Å². The van der Waals surface area contributed by atoms with Gasteiger partial charge in [0.25, 0.3) is 0 Å². The third-order valence-corrected chi connectivity index (χ3v) is 9.61. The summed E-state index contributed by atoms with van der Waals surface area (Å²) in [6.07, 6.45) is 6.65. The van der Waals surface area contributed by atoms with Crippen LogP contribution in [0.1, 0.15) is 70.2 Å². The number of hydrogen-bond acceptors (Lipinski definition) is 4. The van der Waals surface area contributed by atoms with Crippen LogP contribution < -0.4 is 0 Å². The highest BCUT2D eigenvalue weighted by Gasteiger charge is 2.66. The minimum absolute atomic E-state index is 0.0694. The molecule has 0 amide bonds. The van der Waals surface area contributed by atoms with Crippen LogP contribution in [0, 0.1) is 34.5 Å². The third kappa shape index (κ3) is 1.85. The molecule has 1 aromatic heterocycles. The number of hydrogen-bond donors (Lipinski definition) is 4. The molecule has 4 N–H and O–H groups in total. The maximum atomic E-state index is 11.0. The van der Waals surface area contributed by atoms with E-state index in [1.165, 1.54) is 5.56 Å². The highest BCUT2D eigenvalue weighted by atomic mass is 16.3. The molecule has 144 valence electrons. The van der Waals surface area contributed by atoms with Gasteiger partial charge in [-0.1, -0.05) is 13.8 Å². The zero-order chi connectivity index (χ0) is 18.5. The van der Waals surface area contributed by atoms with Crippen LogP contribution in [0.25, 0.3) is 0 Å². The molecular formula is C21H32N2O3. The fourth-order valence-corrected chi connectivity index (χ4v) is 7.83. The van der Waals surface area contributed by atoms with Crippen molar-refractivity contribution >= 4 is 0 Å². The van der Waals surface area contributed by atoms with Crippen molar-refractivity contribution < 1.29 is 15.3 Å². The second-order valence-corrected chi connectivity index (χ2v) is 10.4. The average molecular weight is 360 g/mol. The topological polar surface area (TPSA) is 89.4 Å². The molecule has 1 heterocycles. The molecule has 3 fully saturated rings. The number of nitrogens with zero attached hydrogens (tertiary/aromatic N) is 1. The maximum Gasteiger partial charge on any atom is 0.0990 e. The molecule has 0 aromatic carbocycles. The molecule has 4 aliphatic carbocycles. The highest BCUT2D eigenvalue weighted by molar-refractivity contribution is 5.28. The Hall–Kier alpha value is -0.910. The Morgan fingerprint density at radius 1 is 1.08 bits per heavy atom. The smallest absolute Gasteiger partial charge is 0.0990 e. The van der Waals surface area contributed by atoms with Crippen molar-refractivity contribution in [3.8, 4) is 0 Å². The number of nitrogens with one attached hydrogen (secondary N) is 1. The minimum Gasteiger partial charge on any atom is -0.390 e. The summed E-state index contributed by atoms with van der Waals surface area (Å²) >= 11 is 0. The van der Waals surface area contributed by atoms with Gasteiger partial charge in [-0.2, -0.15) is 5.10 Å².